The fraction of sp³-hybridized carbons (Fsp3) is 0.545. The number of piperidine rings is 1. The van der Waals surface area contributed by atoms with E-state index in [0.29, 0.717) is 5.92 Å². The zero-order valence-electron chi connectivity index (χ0n) is 9.04. The van der Waals surface area contributed by atoms with Crippen LogP contribution in [0, 0.1) is 5.92 Å². The zero-order valence-corrected chi connectivity index (χ0v) is 9.04. The van der Waals surface area contributed by atoms with Crippen LogP contribution in [0.4, 0.5) is 5.82 Å². The summed E-state index contributed by atoms with van der Waals surface area (Å²) in [7, 11) is 0. The zero-order chi connectivity index (χ0) is 11.4. The standard InChI is InChI=1S/C11H15N3O2/c15-11(16)7-9-2-5-14(6-3-9)10-1-4-12-8-13-10/h1,4,8-9H,2-3,5-7H2,(H,15,16). The highest BCUT2D eigenvalue weighted by atomic mass is 16.4. The molecule has 1 aliphatic heterocycles. The number of hydrogen-bond acceptors (Lipinski definition) is 4. The van der Waals surface area contributed by atoms with Gasteiger partial charge >= 0.3 is 5.97 Å². The van der Waals surface area contributed by atoms with Crippen molar-refractivity contribution in [2.45, 2.75) is 19.3 Å². The molecule has 0 spiro atoms. The molecule has 2 rings (SSSR count). The molecular formula is C11H15N3O2. The summed E-state index contributed by atoms with van der Waals surface area (Å²) in [5.41, 5.74) is 0. The second-order valence-corrected chi connectivity index (χ2v) is 4.10. The molecule has 0 radical (unpaired) electrons. The fourth-order valence-corrected chi connectivity index (χ4v) is 2.08. The average molecular weight is 221 g/mol. The lowest BCUT2D eigenvalue weighted by atomic mass is 9.94. The van der Waals surface area contributed by atoms with E-state index in [2.05, 4.69) is 14.9 Å². The third-order valence-electron chi connectivity index (χ3n) is 2.97. The van der Waals surface area contributed by atoms with Crippen molar-refractivity contribution in [2.24, 2.45) is 5.92 Å². The number of aliphatic carboxylic acids is 1. The van der Waals surface area contributed by atoms with Gasteiger partial charge in [0.25, 0.3) is 0 Å². The van der Waals surface area contributed by atoms with E-state index in [9.17, 15) is 4.79 Å². The minimum Gasteiger partial charge on any atom is -0.481 e. The quantitative estimate of drug-likeness (QED) is 0.829. The van der Waals surface area contributed by atoms with Crippen LogP contribution in [0.15, 0.2) is 18.6 Å². The molecule has 16 heavy (non-hydrogen) atoms. The van der Waals surface area contributed by atoms with E-state index < -0.39 is 5.97 Å². The van der Waals surface area contributed by atoms with Gasteiger partial charge in [0.05, 0.1) is 0 Å². The topological polar surface area (TPSA) is 66.3 Å². The minimum absolute atomic E-state index is 0.289. The van der Waals surface area contributed by atoms with Crippen molar-refractivity contribution in [3.8, 4) is 0 Å². The third-order valence-corrected chi connectivity index (χ3v) is 2.97. The van der Waals surface area contributed by atoms with E-state index in [-0.39, 0.29) is 6.42 Å². The molecule has 5 heteroatoms. The number of rotatable bonds is 3. The van der Waals surface area contributed by atoms with Crippen molar-refractivity contribution in [3.05, 3.63) is 18.6 Å². The summed E-state index contributed by atoms with van der Waals surface area (Å²) in [4.78, 5) is 20.8. The largest absolute Gasteiger partial charge is 0.481 e. The molecule has 1 fully saturated rings. The van der Waals surface area contributed by atoms with Gasteiger partial charge in [-0.3, -0.25) is 4.79 Å². The SMILES string of the molecule is O=C(O)CC1CCN(c2ccncn2)CC1. The van der Waals surface area contributed by atoms with Crippen molar-refractivity contribution >= 4 is 11.8 Å². The van der Waals surface area contributed by atoms with E-state index in [0.717, 1.165) is 31.7 Å². The molecule has 1 aliphatic rings. The van der Waals surface area contributed by atoms with Crippen molar-refractivity contribution < 1.29 is 9.90 Å². The number of anilines is 1. The smallest absolute Gasteiger partial charge is 0.303 e. The number of hydrogen-bond donors (Lipinski definition) is 1. The Labute approximate surface area is 94.1 Å². The molecule has 2 heterocycles. The molecule has 86 valence electrons. The van der Waals surface area contributed by atoms with Gasteiger partial charge in [-0.25, -0.2) is 9.97 Å². The third kappa shape index (κ3) is 2.68. The Bertz CT molecular complexity index is 348. The molecule has 1 N–H and O–H groups in total. The van der Waals surface area contributed by atoms with Crippen LogP contribution in [0.1, 0.15) is 19.3 Å². The molecule has 0 bridgehead atoms. The maximum Gasteiger partial charge on any atom is 0.303 e. The van der Waals surface area contributed by atoms with Gasteiger partial charge in [0.15, 0.2) is 0 Å². The molecule has 5 nitrogen and oxygen atoms in total. The summed E-state index contributed by atoms with van der Waals surface area (Å²) in [5, 5.41) is 8.71. The van der Waals surface area contributed by atoms with Gasteiger partial charge in [-0.1, -0.05) is 0 Å². The van der Waals surface area contributed by atoms with Gasteiger partial charge in [0.2, 0.25) is 0 Å². The van der Waals surface area contributed by atoms with Crippen LogP contribution in [0.25, 0.3) is 0 Å². The highest BCUT2D eigenvalue weighted by Crippen LogP contribution is 2.23. The van der Waals surface area contributed by atoms with Gasteiger partial charge in [0.1, 0.15) is 12.1 Å². The normalized spacial score (nSPS) is 17.4. The summed E-state index contributed by atoms with van der Waals surface area (Å²) >= 11 is 0. The molecule has 0 unspecified atom stereocenters. The first-order valence-electron chi connectivity index (χ1n) is 5.48. The first kappa shape index (κ1) is 10.9. The Morgan fingerprint density at radius 1 is 1.50 bits per heavy atom. The van der Waals surface area contributed by atoms with E-state index in [4.69, 9.17) is 5.11 Å². The summed E-state index contributed by atoms with van der Waals surface area (Å²) in [6, 6.07) is 1.89. The van der Waals surface area contributed by atoms with Crippen LogP contribution in [-0.2, 0) is 4.79 Å². The highest BCUT2D eigenvalue weighted by molar-refractivity contribution is 5.67. The second-order valence-electron chi connectivity index (χ2n) is 4.10. The van der Waals surface area contributed by atoms with Crippen molar-refractivity contribution in [1.82, 2.24) is 9.97 Å². The Balaban J connectivity index is 1.88. The highest BCUT2D eigenvalue weighted by Gasteiger charge is 2.21. The molecule has 0 aliphatic carbocycles. The number of carboxylic acid groups (broad SMARTS) is 1. The fourth-order valence-electron chi connectivity index (χ4n) is 2.08. The average Bonchev–Trinajstić information content (AvgIpc) is 2.30. The van der Waals surface area contributed by atoms with Gasteiger partial charge in [0, 0.05) is 25.7 Å². The Kier molecular flexibility index (Phi) is 3.34. The van der Waals surface area contributed by atoms with Gasteiger partial charge < -0.3 is 10.0 Å². The molecule has 1 saturated heterocycles. The molecule has 1 aromatic rings. The maximum atomic E-state index is 10.6. The van der Waals surface area contributed by atoms with Gasteiger partial charge in [-0.05, 0) is 24.8 Å². The van der Waals surface area contributed by atoms with Crippen LogP contribution in [0.5, 0.6) is 0 Å². The van der Waals surface area contributed by atoms with E-state index in [1.165, 1.54) is 0 Å². The maximum absolute atomic E-state index is 10.6. The second kappa shape index (κ2) is 4.92. The van der Waals surface area contributed by atoms with Crippen molar-refractivity contribution in [2.75, 3.05) is 18.0 Å². The molecule has 0 atom stereocenters. The summed E-state index contributed by atoms with van der Waals surface area (Å²) in [6.07, 6.45) is 5.41. The predicted octanol–water partition coefficient (Wildman–Crippen LogP) is 1.17. The van der Waals surface area contributed by atoms with Crippen LogP contribution >= 0.6 is 0 Å². The predicted molar refractivity (Wildman–Crippen MR) is 59.2 cm³/mol. The summed E-state index contributed by atoms with van der Waals surface area (Å²) in [5.74, 6) is 0.555. The Morgan fingerprint density at radius 2 is 2.25 bits per heavy atom. The number of carboxylic acids is 1. The first-order valence-corrected chi connectivity index (χ1v) is 5.48. The number of carbonyl (C=O) groups is 1. The lowest BCUT2D eigenvalue weighted by molar-refractivity contribution is -0.138. The van der Waals surface area contributed by atoms with E-state index >= 15 is 0 Å². The lowest BCUT2D eigenvalue weighted by Gasteiger charge is -2.31. The molecule has 0 amide bonds. The molecule has 1 aromatic heterocycles. The monoisotopic (exact) mass is 221 g/mol. The van der Waals surface area contributed by atoms with Crippen molar-refractivity contribution in [1.29, 1.82) is 0 Å². The summed E-state index contributed by atoms with van der Waals surface area (Å²) < 4.78 is 0. The van der Waals surface area contributed by atoms with Crippen LogP contribution in [0.3, 0.4) is 0 Å². The molecule has 0 saturated carbocycles. The van der Waals surface area contributed by atoms with E-state index in [1.807, 2.05) is 6.07 Å². The molecule has 0 aromatic carbocycles. The summed E-state index contributed by atoms with van der Waals surface area (Å²) in [6.45, 7) is 1.77. The number of aromatic nitrogens is 2. The number of nitrogens with zero attached hydrogens (tertiary/aromatic N) is 3. The first-order chi connectivity index (χ1) is 7.75. The van der Waals surface area contributed by atoms with Gasteiger partial charge in [-0.2, -0.15) is 0 Å². The Hall–Kier alpha value is -1.65. The lowest BCUT2D eigenvalue weighted by Crippen LogP contribution is -2.34. The molecular weight excluding hydrogens is 206 g/mol. The van der Waals surface area contributed by atoms with Crippen LogP contribution in [-0.4, -0.2) is 34.1 Å². The van der Waals surface area contributed by atoms with Gasteiger partial charge in [-0.15, -0.1) is 0 Å². The Morgan fingerprint density at radius 3 is 2.81 bits per heavy atom. The van der Waals surface area contributed by atoms with Crippen LogP contribution in [0.2, 0.25) is 0 Å². The van der Waals surface area contributed by atoms with E-state index in [1.54, 1.807) is 12.5 Å². The minimum atomic E-state index is -0.694. The van der Waals surface area contributed by atoms with Crippen molar-refractivity contribution in [3.63, 3.8) is 0 Å². The van der Waals surface area contributed by atoms with Crippen LogP contribution < -0.4 is 4.90 Å².